The van der Waals surface area contributed by atoms with Crippen molar-refractivity contribution in [3.05, 3.63) is 11.9 Å². The predicted molar refractivity (Wildman–Crippen MR) is 66.0 cm³/mol. The minimum absolute atomic E-state index is 0.0787. The van der Waals surface area contributed by atoms with Crippen LogP contribution < -0.4 is 10.6 Å². The maximum atomic E-state index is 12.6. The second-order valence-corrected chi connectivity index (χ2v) is 3.99. The zero-order valence-corrected chi connectivity index (χ0v) is 10.8. The van der Waals surface area contributed by atoms with E-state index < -0.39 is 18.1 Å². The molecule has 0 spiro atoms. The standard InChI is InChI=1S/C11H17F3N4O/c1-3-7(19)4-5-16-9-6-8(15-2)17-10(18-9)11(12,13)14/h6-7,19H,3-5H2,1-2H3,(H2,15,16,17,18). The van der Waals surface area contributed by atoms with Crippen LogP contribution in [0.5, 0.6) is 0 Å². The van der Waals surface area contributed by atoms with Gasteiger partial charge in [-0.3, -0.25) is 0 Å². The van der Waals surface area contributed by atoms with Gasteiger partial charge < -0.3 is 15.7 Å². The van der Waals surface area contributed by atoms with Crippen LogP contribution in [-0.2, 0) is 6.18 Å². The number of nitrogens with zero attached hydrogens (tertiary/aromatic N) is 2. The third kappa shape index (κ3) is 4.90. The highest BCUT2D eigenvalue weighted by Crippen LogP contribution is 2.28. The molecule has 1 heterocycles. The summed E-state index contributed by atoms with van der Waals surface area (Å²) in [6.45, 7) is 2.17. The third-order valence-electron chi connectivity index (χ3n) is 2.49. The van der Waals surface area contributed by atoms with Crippen LogP contribution >= 0.6 is 0 Å². The number of alkyl halides is 3. The lowest BCUT2D eigenvalue weighted by Crippen LogP contribution is -2.16. The summed E-state index contributed by atoms with van der Waals surface area (Å²) in [6.07, 6.45) is -4.02. The summed E-state index contributed by atoms with van der Waals surface area (Å²) in [6, 6.07) is 1.38. The molecule has 0 aliphatic rings. The minimum atomic E-state index is -4.59. The zero-order valence-electron chi connectivity index (χ0n) is 10.8. The molecule has 19 heavy (non-hydrogen) atoms. The summed E-state index contributed by atoms with van der Waals surface area (Å²) in [5.41, 5.74) is 0. The normalized spacial score (nSPS) is 13.2. The quantitative estimate of drug-likeness (QED) is 0.743. The van der Waals surface area contributed by atoms with E-state index in [4.69, 9.17) is 0 Å². The summed E-state index contributed by atoms with van der Waals surface area (Å²) in [4.78, 5) is 6.75. The number of nitrogens with one attached hydrogen (secondary N) is 2. The number of hydrogen-bond donors (Lipinski definition) is 3. The average molecular weight is 278 g/mol. The molecule has 8 heteroatoms. The van der Waals surface area contributed by atoms with Gasteiger partial charge >= 0.3 is 6.18 Å². The molecule has 0 aliphatic heterocycles. The fourth-order valence-electron chi connectivity index (χ4n) is 1.36. The Kier molecular flexibility index (Phi) is 5.34. The van der Waals surface area contributed by atoms with Gasteiger partial charge in [0.1, 0.15) is 11.6 Å². The molecule has 1 aromatic rings. The molecule has 1 atom stereocenters. The fraction of sp³-hybridized carbons (Fsp3) is 0.636. The molecule has 0 saturated carbocycles. The van der Waals surface area contributed by atoms with E-state index in [1.165, 1.54) is 13.1 Å². The zero-order chi connectivity index (χ0) is 14.5. The van der Waals surface area contributed by atoms with Gasteiger partial charge in [0.05, 0.1) is 6.10 Å². The van der Waals surface area contributed by atoms with E-state index in [1.807, 2.05) is 6.92 Å². The van der Waals surface area contributed by atoms with Crippen molar-refractivity contribution in [3.8, 4) is 0 Å². The van der Waals surface area contributed by atoms with Crippen molar-refractivity contribution in [3.63, 3.8) is 0 Å². The van der Waals surface area contributed by atoms with E-state index in [1.54, 1.807) is 0 Å². The molecule has 0 radical (unpaired) electrons. The van der Waals surface area contributed by atoms with Crippen LogP contribution in [0.25, 0.3) is 0 Å². The molecule has 0 amide bonds. The Hall–Kier alpha value is -1.57. The van der Waals surface area contributed by atoms with Crippen LogP contribution in [0.3, 0.4) is 0 Å². The van der Waals surface area contributed by atoms with Crippen LogP contribution in [-0.4, -0.2) is 34.8 Å². The first-order chi connectivity index (χ1) is 8.86. The second kappa shape index (κ2) is 6.55. The number of aliphatic hydroxyl groups is 1. The Balaban J connectivity index is 2.77. The number of halogens is 3. The number of rotatable bonds is 6. The second-order valence-electron chi connectivity index (χ2n) is 3.99. The van der Waals surface area contributed by atoms with E-state index in [2.05, 4.69) is 20.6 Å². The van der Waals surface area contributed by atoms with Gasteiger partial charge in [-0.15, -0.1) is 0 Å². The Bertz CT molecular complexity index is 411. The van der Waals surface area contributed by atoms with Gasteiger partial charge in [0.2, 0.25) is 5.82 Å². The van der Waals surface area contributed by atoms with Gasteiger partial charge in [-0.1, -0.05) is 6.92 Å². The van der Waals surface area contributed by atoms with E-state index in [0.29, 0.717) is 19.4 Å². The predicted octanol–water partition coefficient (Wildman–Crippen LogP) is 2.11. The monoisotopic (exact) mass is 278 g/mol. The van der Waals surface area contributed by atoms with E-state index in [0.717, 1.165) is 0 Å². The maximum absolute atomic E-state index is 12.6. The van der Waals surface area contributed by atoms with Gasteiger partial charge in [-0.25, -0.2) is 9.97 Å². The van der Waals surface area contributed by atoms with Gasteiger partial charge in [0.25, 0.3) is 0 Å². The smallest absolute Gasteiger partial charge is 0.393 e. The first-order valence-electron chi connectivity index (χ1n) is 5.92. The van der Waals surface area contributed by atoms with Gasteiger partial charge in [-0.05, 0) is 12.8 Å². The molecule has 1 aromatic heterocycles. The van der Waals surface area contributed by atoms with Crippen molar-refractivity contribution in [1.29, 1.82) is 0 Å². The Morgan fingerprint density at radius 3 is 2.47 bits per heavy atom. The Labute approximate surface area is 109 Å². The highest BCUT2D eigenvalue weighted by Gasteiger charge is 2.35. The number of hydrogen-bond acceptors (Lipinski definition) is 5. The molecule has 0 aliphatic carbocycles. The molecule has 0 bridgehead atoms. The van der Waals surface area contributed by atoms with E-state index >= 15 is 0 Å². The largest absolute Gasteiger partial charge is 0.451 e. The molecule has 5 nitrogen and oxygen atoms in total. The molecule has 1 rings (SSSR count). The molecule has 0 saturated heterocycles. The van der Waals surface area contributed by atoms with Crippen molar-refractivity contribution < 1.29 is 18.3 Å². The van der Waals surface area contributed by atoms with Crippen LogP contribution in [0.1, 0.15) is 25.6 Å². The Morgan fingerprint density at radius 2 is 1.95 bits per heavy atom. The molecule has 1 unspecified atom stereocenters. The topological polar surface area (TPSA) is 70.1 Å². The van der Waals surface area contributed by atoms with Crippen LogP contribution in [0, 0.1) is 0 Å². The van der Waals surface area contributed by atoms with Crippen molar-refractivity contribution >= 4 is 11.6 Å². The first-order valence-corrected chi connectivity index (χ1v) is 5.92. The number of aliphatic hydroxyl groups excluding tert-OH is 1. The number of aromatic nitrogens is 2. The van der Waals surface area contributed by atoms with Crippen molar-refractivity contribution in [1.82, 2.24) is 9.97 Å². The molecular weight excluding hydrogens is 261 g/mol. The lowest BCUT2D eigenvalue weighted by Gasteiger charge is -2.12. The summed E-state index contributed by atoms with van der Waals surface area (Å²) < 4.78 is 37.7. The van der Waals surface area contributed by atoms with Crippen LogP contribution in [0.4, 0.5) is 24.8 Å². The molecule has 0 fully saturated rings. The van der Waals surface area contributed by atoms with Crippen LogP contribution in [0.15, 0.2) is 6.07 Å². The lowest BCUT2D eigenvalue weighted by molar-refractivity contribution is -0.144. The maximum Gasteiger partial charge on any atom is 0.451 e. The van der Waals surface area contributed by atoms with E-state index in [9.17, 15) is 18.3 Å². The third-order valence-corrected chi connectivity index (χ3v) is 2.49. The lowest BCUT2D eigenvalue weighted by atomic mass is 10.2. The molecule has 0 aromatic carbocycles. The van der Waals surface area contributed by atoms with Gasteiger partial charge in [0.15, 0.2) is 0 Å². The molecule has 3 N–H and O–H groups in total. The van der Waals surface area contributed by atoms with Gasteiger partial charge in [0, 0.05) is 19.7 Å². The fourth-order valence-corrected chi connectivity index (χ4v) is 1.36. The molecular formula is C11H17F3N4O. The SMILES string of the molecule is CCC(O)CCNc1cc(NC)nc(C(F)(F)F)n1. The summed E-state index contributed by atoms with van der Waals surface area (Å²) in [5, 5.41) is 14.7. The number of anilines is 2. The van der Waals surface area contributed by atoms with Crippen molar-refractivity contribution in [2.45, 2.75) is 32.0 Å². The highest BCUT2D eigenvalue weighted by atomic mass is 19.4. The minimum Gasteiger partial charge on any atom is -0.393 e. The van der Waals surface area contributed by atoms with Crippen molar-refractivity contribution in [2.24, 2.45) is 0 Å². The average Bonchev–Trinajstić information content (AvgIpc) is 2.37. The highest BCUT2D eigenvalue weighted by molar-refractivity contribution is 5.47. The Morgan fingerprint density at radius 1 is 1.32 bits per heavy atom. The van der Waals surface area contributed by atoms with Crippen LogP contribution in [0.2, 0.25) is 0 Å². The summed E-state index contributed by atoms with van der Waals surface area (Å²) in [5.74, 6) is -1.03. The van der Waals surface area contributed by atoms with E-state index in [-0.39, 0.29) is 11.6 Å². The van der Waals surface area contributed by atoms with Crippen molar-refractivity contribution in [2.75, 3.05) is 24.2 Å². The molecule has 108 valence electrons. The summed E-state index contributed by atoms with van der Waals surface area (Å²) in [7, 11) is 1.48. The van der Waals surface area contributed by atoms with Gasteiger partial charge in [-0.2, -0.15) is 13.2 Å². The first kappa shape index (κ1) is 15.5. The summed E-state index contributed by atoms with van der Waals surface area (Å²) >= 11 is 0.